The number of rotatable bonds is 7. The Kier molecular flexibility index (Phi) is 6.58. The number of nitrogens with zero attached hydrogens (tertiary/aromatic N) is 3. The first-order chi connectivity index (χ1) is 17.0. The van der Waals surface area contributed by atoms with Crippen LogP contribution in [0.2, 0.25) is 0 Å². The average molecular weight is 500 g/mol. The van der Waals surface area contributed by atoms with Crippen molar-refractivity contribution in [1.82, 2.24) is 20.6 Å². The van der Waals surface area contributed by atoms with Crippen LogP contribution < -0.4 is 14.8 Å². The molecule has 2 N–H and O–H groups in total. The number of carbonyl (C=O) groups is 1. The summed E-state index contributed by atoms with van der Waals surface area (Å²) in [6.45, 7) is -1.30. The fourth-order valence-electron chi connectivity index (χ4n) is 4.41. The van der Waals surface area contributed by atoms with E-state index < -0.39 is 12.5 Å². The lowest BCUT2D eigenvalue weighted by atomic mass is 9.84. The van der Waals surface area contributed by atoms with Crippen molar-refractivity contribution in [3.8, 4) is 17.2 Å². The van der Waals surface area contributed by atoms with E-state index in [1.165, 1.54) is 55.1 Å². The van der Waals surface area contributed by atoms with E-state index in [1.54, 1.807) is 13.0 Å². The zero-order valence-electron chi connectivity index (χ0n) is 18.9. The summed E-state index contributed by atoms with van der Waals surface area (Å²) >= 11 is 1.17. The number of benzene rings is 2. The van der Waals surface area contributed by atoms with Crippen molar-refractivity contribution in [3.05, 3.63) is 52.4 Å². The van der Waals surface area contributed by atoms with Crippen LogP contribution in [0.25, 0.3) is 10.1 Å². The van der Waals surface area contributed by atoms with E-state index >= 15 is 0 Å². The fourth-order valence-corrected chi connectivity index (χ4v) is 5.52. The van der Waals surface area contributed by atoms with Gasteiger partial charge in [0.15, 0.2) is 5.75 Å². The van der Waals surface area contributed by atoms with Gasteiger partial charge in [-0.05, 0) is 66.3 Å². The number of alkyl halides is 2. The number of thiophene rings is 1. The van der Waals surface area contributed by atoms with Gasteiger partial charge in [0.05, 0.1) is 0 Å². The predicted octanol–water partition coefficient (Wildman–Crippen LogP) is 6.42. The summed E-state index contributed by atoms with van der Waals surface area (Å²) in [5.74, 6) is 0.856. The number of carbonyl (C=O) groups excluding carboxylic acids is 1. The van der Waals surface area contributed by atoms with Crippen molar-refractivity contribution in [2.75, 3.05) is 5.32 Å². The summed E-state index contributed by atoms with van der Waals surface area (Å²) in [7, 11) is 0. The van der Waals surface area contributed by atoms with Crippen LogP contribution in [0, 0.1) is 6.92 Å². The number of nitrogens with one attached hydrogen (secondary N) is 2. The molecular formula is C24H23F2N5O3S. The summed E-state index contributed by atoms with van der Waals surface area (Å²) in [5.41, 5.74) is 1.79. The molecule has 0 spiro atoms. The molecule has 0 atom stereocenters. The van der Waals surface area contributed by atoms with Crippen LogP contribution in [0.3, 0.4) is 0 Å². The van der Waals surface area contributed by atoms with Crippen LogP contribution in [-0.2, 0) is 0 Å². The highest BCUT2D eigenvalue weighted by Crippen LogP contribution is 2.44. The standard InChI is InChI=1S/C24H23F2N5O3S/c1-13-11-19-17(12-18(13)34-23(25)26)20(21(35-19)22(32)27-24-28-30-31-29-24)33-16-9-7-15(8-10-16)14-5-3-2-4-6-14/h7-12,14,23H,2-6H2,1H3,(H2,27,28,29,30,31,32). The van der Waals surface area contributed by atoms with Crippen molar-refractivity contribution >= 4 is 33.3 Å². The van der Waals surface area contributed by atoms with E-state index in [-0.39, 0.29) is 22.3 Å². The molecule has 1 aliphatic rings. The number of H-pyrrole nitrogens is 1. The Balaban J connectivity index is 1.51. The molecule has 8 nitrogen and oxygen atoms in total. The Morgan fingerprint density at radius 2 is 1.94 bits per heavy atom. The lowest BCUT2D eigenvalue weighted by Gasteiger charge is -2.22. The number of fused-ring (bicyclic) bond motifs is 1. The van der Waals surface area contributed by atoms with Gasteiger partial charge in [0.1, 0.15) is 16.4 Å². The molecule has 5 rings (SSSR count). The highest BCUT2D eigenvalue weighted by molar-refractivity contribution is 7.21. The molecule has 0 aliphatic heterocycles. The second-order valence-electron chi connectivity index (χ2n) is 8.45. The van der Waals surface area contributed by atoms with Gasteiger partial charge in [0, 0.05) is 10.1 Å². The fraction of sp³-hybridized carbons (Fsp3) is 0.333. The van der Waals surface area contributed by atoms with Crippen molar-refractivity contribution in [3.63, 3.8) is 0 Å². The minimum absolute atomic E-state index is 0.00754. The van der Waals surface area contributed by atoms with E-state index in [1.807, 2.05) is 12.1 Å². The summed E-state index contributed by atoms with van der Waals surface area (Å²) in [4.78, 5) is 13.3. The molecule has 11 heteroatoms. The first-order valence-electron chi connectivity index (χ1n) is 11.3. The lowest BCUT2D eigenvalue weighted by Crippen LogP contribution is -2.12. The molecule has 0 bridgehead atoms. The van der Waals surface area contributed by atoms with Crippen molar-refractivity contribution < 1.29 is 23.0 Å². The molecule has 4 aromatic rings. The van der Waals surface area contributed by atoms with Gasteiger partial charge in [-0.3, -0.25) is 10.1 Å². The first kappa shape index (κ1) is 23.2. The molecule has 1 fully saturated rings. The molecule has 0 unspecified atom stereocenters. The number of anilines is 1. The van der Waals surface area contributed by atoms with Crippen LogP contribution in [0.4, 0.5) is 14.7 Å². The van der Waals surface area contributed by atoms with Crippen molar-refractivity contribution in [1.29, 1.82) is 0 Å². The number of aromatic nitrogens is 4. The summed E-state index contributed by atoms with van der Waals surface area (Å²) in [5, 5.41) is 16.3. The monoisotopic (exact) mass is 499 g/mol. The van der Waals surface area contributed by atoms with Gasteiger partial charge in [-0.25, -0.2) is 0 Å². The van der Waals surface area contributed by atoms with Crippen LogP contribution >= 0.6 is 11.3 Å². The van der Waals surface area contributed by atoms with Gasteiger partial charge in [0.25, 0.3) is 11.9 Å². The van der Waals surface area contributed by atoms with Gasteiger partial charge < -0.3 is 9.47 Å². The summed E-state index contributed by atoms with van der Waals surface area (Å²) in [6, 6.07) is 11.0. The van der Waals surface area contributed by atoms with E-state index in [9.17, 15) is 13.6 Å². The number of aromatic amines is 1. The molecule has 2 aromatic heterocycles. The third kappa shape index (κ3) is 5.09. The zero-order chi connectivity index (χ0) is 24.4. The Morgan fingerprint density at radius 1 is 1.17 bits per heavy atom. The number of hydrogen-bond acceptors (Lipinski definition) is 7. The van der Waals surface area contributed by atoms with Crippen molar-refractivity contribution in [2.24, 2.45) is 0 Å². The molecule has 2 aromatic carbocycles. The topological polar surface area (TPSA) is 102 Å². The highest BCUT2D eigenvalue weighted by atomic mass is 32.1. The number of tetrazole rings is 1. The van der Waals surface area contributed by atoms with E-state index in [4.69, 9.17) is 4.74 Å². The van der Waals surface area contributed by atoms with E-state index in [0.29, 0.717) is 27.3 Å². The Hall–Kier alpha value is -3.60. The average Bonchev–Trinajstić information content (AvgIpc) is 3.48. The molecule has 182 valence electrons. The van der Waals surface area contributed by atoms with Gasteiger partial charge >= 0.3 is 6.61 Å². The maximum Gasteiger partial charge on any atom is 0.387 e. The third-order valence-electron chi connectivity index (χ3n) is 6.11. The molecule has 0 saturated heterocycles. The molecule has 35 heavy (non-hydrogen) atoms. The Morgan fingerprint density at radius 3 is 2.63 bits per heavy atom. The number of ether oxygens (including phenoxy) is 2. The predicted molar refractivity (Wildman–Crippen MR) is 128 cm³/mol. The maximum atomic E-state index is 13.0. The maximum absolute atomic E-state index is 13.0. The van der Waals surface area contributed by atoms with Crippen LogP contribution in [0.5, 0.6) is 17.2 Å². The molecule has 1 amide bonds. The van der Waals surface area contributed by atoms with Crippen molar-refractivity contribution in [2.45, 2.75) is 51.6 Å². The van der Waals surface area contributed by atoms with Crippen LogP contribution in [-0.4, -0.2) is 33.1 Å². The second kappa shape index (κ2) is 9.95. The highest BCUT2D eigenvalue weighted by Gasteiger charge is 2.24. The number of aryl methyl sites for hydroxylation is 1. The molecular weight excluding hydrogens is 476 g/mol. The minimum atomic E-state index is -2.97. The number of halogens is 2. The lowest BCUT2D eigenvalue weighted by molar-refractivity contribution is -0.0502. The largest absolute Gasteiger partial charge is 0.455 e. The van der Waals surface area contributed by atoms with Crippen LogP contribution in [0.1, 0.15) is 58.8 Å². The van der Waals surface area contributed by atoms with Gasteiger partial charge in [-0.15, -0.1) is 16.4 Å². The quantitative estimate of drug-likeness (QED) is 0.304. The normalized spacial score (nSPS) is 14.4. The second-order valence-corrected chi connectivity index (χ2v) is 9.50. The third-order valence-corrected chi connectivity index (χ3v) is 7.24. The van der Waals surface area contributed by atoms with Gasteiger partial charge in [-0.1, -0.05) is 36.5 Å². The van der Waals surface area contributed by atoms with Gasteiger partial charge in [0.2, 0.25) is 0 Å². The molecule has 2 heterocycles. The summed E-state index contributed by atoms with van der Waals surface area (Å²) in [6.07, 6.45) is 6.13. The Bertz CT molecular complexity index is 1320. The Labute approximate surface area is 203 Å². The summed E-state index contributed by atoms with van der Waals surface area (Å²) < 4.78 is 37.5. The zero-order valence-corrected chi connectivity index (χ0v) is 19.7. The van der Waals surface area contributed by atoms with Crippen LogP contribution in [0.15, 0.2) is 36.4 Å². The SMILES string of the molecule is Cc1cc2sc(C(=O)Nc3nn[nH]n3)c(Oc3ccc(C4CCCCC4)cc3)c2cc1OC(F)F. The number of hydrogen-bond donors (Lipinski definition) is 2. The molecule has 1 saturated carbocycles. The molecule has 1 aliphatic carbocycles. The first-order valence-corrected chi connectivity index (χ1v) is 12.1. The minimum Gasteiger partial charge on any atom is -0.455 e. The van der Waals surface area contributed by atoms with E-state index in [0.717, 1.165) is 0 Å². The smallest absolute Gasteiger partial charge is 0.387 e. The number of amides is 1. The van der Waals surface area contributed by atoms with E-state index in [2.05, 4.69) is 42.8 Å². The molecule has 0 radical (unpaired) electrons. The van der Waals surface area contributed by atoms with Gasteiger partial charge in [-0.2, -0.15) is 14.0 Å².